The van der Waals surface area contributed by atoms with E-state index in [1.54, 1.807) is 41.6 Å². The molecule has 10 rings (SSSR count). The number of fused-ring (bicyclic) bond motifs is 6. The summed E-state index contributed by atoms with van der Waals surface area (Å²) in [5.41, 5.74) is 2.68. The van der Waals surface area contributed by atoms with E-state index in [4.69, 9.17) is 16.6 Å². The standard InChI is InChI=1S/C23H26N6O.C14H19ClN4O.C9H8N2/c1-3-23-12-8-5-9-14-29(23)20-18(27(2)21(23)30)16-25-22(26-20)28-15-13-24-19(28)17-10-6-4-7-11-17;1-3-14-7-5-4-6-8-19(14)11-10(18(2)12(14)20)9-16-13(15)17-11;1-2-4-8(5-3-1)9-10-6-7-11-9/h4,6-7,10-11,13,15-16H,3,5,8-9,12,14H2,1-2H3;9H,3-8H2,1-2H3;1-7H,(H,10,11). The number of imidazole rings is 2. The maximum atomic E-state index is 13.4. The van der Waals surface area contributed by atoms with Crippen LogP contribution in [0.1, 0.15) is 78.1 Å². The van der Waals surface area contributed by atoms with Crippen molar-refractivity contribution in [3.63, 3.8) is 0 Å². The second-order valence-corrected chi connectivity index (χ2v) is 16.3. The quantitative estimate of drug-likeness (QED) is 0.168. The molecule has 8 heterocycles. The van der Waals surface area contributed by atoms with E-state index >= 15 is 0 Å². The summed E-state index contributed by atoms with van der Waals surface area (Å²) >= 11 is 5.97. The van der Waals surface area contributed by atoms with E-state index in [2.05, 4.69) is 53.6 Å². The molecule has 2 saturated heterocycles. The number of carbonyl (C=O) groups excluding carboxylic acids is 2. The minimum Gasteiger partial charge on any atom is -0.345 e. The number of halogens is 1. The topological polar surface area (TPSA) is 145 Å². The first-order chi connectivity index (χ1) is 29.7. The zero-order valence-electron chi connectivity index (χ0n) is 35.3. The van der Waals surface area contributed by atoms with Crippen LogP contribution in [0.2, 0.25) is 5.28 Å². The number of likely N-dealkylation sites (N-methyl/N-ethyl adjacent to an activating group) is 2. The molecule has 0 bridgehead atoms. The molecule has 2 amide bonds. The summed E-state index contributed by atoms with van der Waals surface area (Å²) < 4.78 is 1.91. The number of hydrogen-bond donors (Lipinski definition) is 1. The first-order valence-corrected chi connectivity index (χ1v) is 21.8. The van der Waals surface area contributed by atoms with Crippen LogP contribution in [0.25, 0.3) is 28.7 Å². The molecule has 6 aromatic rings. The highest BCUT2D eigenvalue weighted by Gasteiger charge is 2.51. The summed E-state index contributed by atoms with van der Waals surface area (Å²) in [6.45, 7) is 5.89. The van der Waals surface area contributed by atoms with Crippen LogP contribution >= 0.6 is 11.6 Å². The Morgan fingerprint density at radius 1 is 0.656 bits per heavy atom. The number of amides is 2. The van der Waals surface area contributed by atoms with Gasteiger partial charge in [0.2, 0.25) is 11.2 Å². The minimum atomic E-state index is -0.513. The van der Waals surface area contributed by atoms with Gasteiger partial charge in [0.05, 0.1) is 12.4 Å². The second-order valence-electron chi connectivity index (χ2n) is 15.9. The van der Waals surface area contributed by atoms with Crippen molar-refractivity contribution in [2.24, 2.45) is 0 Å². The number of nitrogens with zero attached hydrogens (tertiary/aromatic N) is 11. The van der Waals surface area contributed by atoms with Gasteiger partial charge in [-0.2, -0.15) is 9.97 Å². The number of anilines is 4. The summed E-state index contributed by atoms with van der Waals surface area (Å²) in [6, 6.07) is 20.1. The fraction of sp³-hybridized carbons (Fsp3) is 0.391. The monoisotopic (exact) mass is 840 g/mol. The lowest BCUT2D eigenvalue weighted by Crippen LogP contribution is -2.62. The second kappa shape index (κ2) is 17.8. The maximum absolute atomic E-state index is 13.4. The molecule has 2 unspecified atom stereocenters. The van der Waals surface area contributed by atoms with Gasteiger partial charge < -0.3 is 24.6 Å². The van der Waals surface area contributed by atoms with Crippen LogP contribution < -0.4 is 19.6 Å². The van der Waals surface area contributed by atoms with Crippen molar-refractivity contribution in [3.05, 3.63) is 103 Å². The molecule has 0 aliphatic carbocycles. The van der Waals surface area contributed by atoms with E-state index in [-0.39, 0.29) is 17.1 Å². The van der Waals surface area contributed by atoms with Crippen LogP contribution in [0.15, 0.2) is 97.8 Å². The first kappa shape index (κ1) is 41.6. The molecule has 14 nitrogen and oxygen atoms in total. The van der Waals surface area contributed by atoms with Crippen molar-refractivity contribution in [2.75, 3.05) is 46.8 Å². The van der Waals surface area contributed by atoms with Crippen LogP contribution in [-0.4, -0.2) is 89.5 Å². The average Bonchev–Trinajstić information content (AvgIpc) is 3.93. The van der Waals surface area contributed by atoms with Crippen molar-refractivity contribution in [1.29, 1.82) is 0 Å². The van der Waals surface area contributed by atoms with Gasteiger partial charge in [0.25, 0.3) is 11.8 Å². The molecule has 2 atom stereocenters. The SMILES string of the molecule is CCC12CCCCCN1c1nc(-n3ccnc3-c3ccccc3)ncc1N(C)C2=O.CCC12CCCCCN1c1nc(Cl)ncc1N(C)C2=O.c1ccc(-c2ncc[nH]2)cc1. The Kier molecular flexibility index (Phi) is 12.2. The molecule has 4 aliphatic heterocycles. The van der Waals surface area contributed by atoms with Crippen LogP contribution in [0.4, 0.5) is 23.0 Å². The predicted octanol–water partition coefficient (Wildman–Crippen LogP) is 8.55. The summed E-state index contributed by atoms with van der Waals surface area (Å²) in [5.74, 6) is 4.25. The number of aromatic nitrogens is 8. The number of H-pyrrole nitrogens is 1. The summed E-state index contributed by atoms with van der Waals surface area (Å²) in [5, 5.41) is 0.237. The molecule has 2 fully saturated rings. The lowest BCUT2D eigenvalue weighted by Gasteiger charge is -2.48. The van der Waals surface area contributed by atoms with Gasteiger partial charge in [-0.15, -0.1) is 0 Å². The highest BCUT2D eigenvalue weighted by atomic mass is 35.5. The predicted molar refractivity (Wildman–Crippen MR) is 240 cm³/mol. The van der Waals surface area contributed by atoms with Crippen molar-refractivity contribution >= 4 is 46.4 Å². The lowest BCUT2D eigenvalue weighted by atomic mass is 9.85. The van der Waals surface area contributed by atoms with E-state index in [0.29, 0.717) is 5.95 Å². The van der Waals surface area contributed by atoms with E-state index in [1.165, 1.54) is 0 Å². The van der Waals surface area contributed by atoms with Gasteiger partial charge in [-0.05, 0) is 50.1 Å². The Hall–Kier alpha value is -6.15. The molecular formula is C46H53ClN12O2. The van der Waals surface area contributed by atoms with Gasteiger partial charge in [-0.1, -0.05) is 100 Å². The summed E-state index contributed by atoms with van der Waals surface area (Å²) in [4.78, 5) is 63.9. The minimum absolute atomic E-state index is 0.153. The Balaban J connectivity index is 0.000000142. The van der Waals surface area contributed by atoms with Crippen molar-refractivity contribution < 1.29 is 9.59 Å². The van der Waals surface area contributed by atoms with Crippen LogP contribution in [0, 0.1) is 0 Å². The number of nitrogens with one attached hydrogen (secondary N) is 1. The Morgan fingerprint density at radius 2 is 1.21 bits per heavy atom. The van der Waals surface area contributed by atoms with Gasteiger partial charge in [-0.25, -0.2) is 19.9 Å². The van der Waals surface area contributed by atoms with E-state index in [1.807, 2.05) is 84.7 Å². The molecule has 316 valence electrons. The van der Waals surface area contributed by atoms with Crippen LogP contribution in [-0.2, 0) is 9.59 Å². The number of aromatic amines is 1. The normalized spacial score (nSPS) is 20.7. The smallest absolute Gasteiger partial charge is 0.252 e. The lowest BCUT2D eigenvalue weighted by molar-refractivity contribution is -0.125. The fourth-order valence-corrected chi connectivity index (χ4v) is 9.47. The number of rotatable bonds is 5. The zero-order valence-corrected chi connectivity index (χ0v) is 36.1. The first-order valence-electron chi connectivity index (χ1n) is 21.4. The van der Waals surface area contributed by atoms with Gasteiger partial charge in [0.15, 0.2) is 11.6 Å². The number of hydrogen-bond acceptors (Lipinski definition) is 10. The zero-order chi connectivity index (χ0) is 42.6. The third-order valence-electron chi connectivity index (χ3n) is 12.7. The summed E-state index contributed by atoms with van der Waals surface area (Å²) in [7, 11) is 3.65. The number of benzene rings is 2. The average molecular weight is 841 g/mol. The highest BCUT2D eigenvalue weighted by Crippen LogP contribution is 2.45. The molecule has 0 spiro atoms. The van der Waals surface area contributed by atoms with Crippen LogP contribution in [0.3, 0.4) is 0 Å². The molecule has 4 aromatic heterocycles. The van der Waals surface area contributed by atoms with E-state index in [9.17, 15) is 9.59 Å². The van der Waals surface area contributed by atoms with E-state index in [0.717, 1.165) is 123 Å². The molecule has 0 radical (unpaired) electrons. The molecule has 0 saturated carbocycles. The van der Waals surface area contributed by atoms with Gasteiger partial charge in [-0.3, -0.25) is 14.2 Å². The third kappa shape index (κ3) is 7.73. The van der Waals surface area contributed by atoms with Crippen molar-refractivity contribution in [1.82, 2.24) is 39.5 Å². The van der Waals surface area contributed by atoms with Crippen LogP contribution in [0.5, 0.6) is 0 Å². The largest absolute Gasteiger partial charge is 0.345 e. The maximum Gasteiger partial charge on any atom is 0.252 e. The molecule has 2 aromatic carbocycles. The van der Waals surface area contributed by atoms with E-state index < -0.39 is 11.1 Å². The Bertz CT molecular complexity index is 2450. The fourth-order valence-electron chi connectivity index (χ4n) is 9.34. The Morgan fingerprint density at radius 3 is 1.77 bits per heavy atom. The molecule has 61 heavy (non-hydrogen) atoms. The molecular weight excluding hydrogens is 788 g/mol. The van der Waals surface area contributed by atoms with Gasteiger partial charge >= 0.3 is 0 Å². The Labute approximate surface area is 362 Å². The third-order valence-corrected chi connectivity index (χ3v) is 12.9. The molecule has 4 aliphatic rings. The summed E-state index contributed by atoms with van der Waals surface area (Å²) in [6.07, 6.45) is 20.6. The van der Waals surface area contributed by atoms with Gasteiger partial charge in [0, 0.05) is 63.1 Å². The van der Waals surface area contributed by atoms with Crippen molar-refractivity contribution in [2.45, 2.75) is 89.1 Å². The molecule has 15 heteroatoms. The van der Waals surface area contributed by atoms with Crippen molar-refractivity contribution in [3.8, 4) is 28.7 Å². The molecule has 1 N–H and O–H groups in total. The van der Waals surface area contributed by atoms with Gasteiger partial charge in [0.1, 0.15) is 34.1 Å². The highest BCUT2D eigenvalue weighted by molar-refractivity contribution is 6.28. The number of carbonyl (C=O) groups is 2.